The first-order valence-electron chi connectivity index (χ1n) is 13.6. The molecule has 0 spiro atoms. The Labute approximate surface area is 234 Å². The second kappa shape index (κ2) is 11.1. The zero-order valence-corrected chi connectivity index (χ0v) is 23.7. The third kappa shape index (κ3) is 5.45. The number of aromatic nitrogens is 4. The minimum atomic E-state index is -0.310. The van der Waals surface area contributed by atoms with Crippen LogP contribution in [0.1, 0.15) is 36.1 Å². The van der Waals surface area contributed by atoms with Crippen LogP contribution in [-0.2, 0) is 0 Å². The highest BCUT2D eigenvalue weighted by molar-refractivity contribution is 6.00. The van der Waals surface area contributed by atoms with Gasteiger partial charge in [-0.05, 0) is 123 Å². The van der Waals surface area contributed by atoms with Crippen LogP contribution in [0.5, 0.6) is 0 Å². The number of nitrogens with zero attached hydrogens (tertiary/aromatic N) is 2. The van der Waals surface area contributed by atoms with E-state index in [4.69, 9.17) is 9.97 Å². The number of amides is 2. The Balaban J connectivity index is 0.00000158. The van der Waals surface area contributed by atoms with Gasteiger partial charge in [0.15, 0.2) is 0 Å². The van der Waals surface area contributed by atoms with Gasteiger partial charge in [-0.15, -0.1) is 0 Å². The lowest BCUT2D eigenvalue weighted by atomic mass is 10.1. The monoisotopic (exact) mass is 530 g/mol. The maximum absolute atomic E-state index is 12.6. The second-order valence-corrected chi connectivity index (χ2v) is 9.81. The number of hydrogen-bond acceptors (Lipinski definition) is 3. The molecule has 0 saturated carbocycles. The van der Waals surface area contributed by atoms with Crippen LogP contribution < -0.4 is 10.6 Å². The summed E-state index contributed by atoms with van der Waals surface area (Å²) in [6.07, 6.45) is 0. The molecule has 0 aliphatic rings. The van der Waals surface area contributed by atoms with Crippen molar-refractivity contribution in [3.8, 4) is 22.8 Å². The van der Waals surface area contributed by atoms with Crippen LogP contribution in [0.3, 0.4) is 0 Å². The molecule has 7 nitrogen and oxygen atoms in total. The predicted octanol–water partition coefficient (Wildman–Crippen LogP) is 8.68. The Morgan fingerprint density at radius 2 is 0.925 bits per heavy atom. The van der Waals surface area contributed by atoms with Crippen LogP contribution >= 0.6 is 0 Å². The molecule has 0 saturated heterocycles. The molecule has 0 bridgehead atoms. The largest absolute Gasteiger partial charge is 0.338 e. The summed E-state index contributed by atoms with van der Waals surface area (Å²) in [7, 11) is 0. The van der Waals surface area contributed by atoms with Crippen molar-refractivity contribution in [1.82, 2.24) is 19.9 Å². The molecule has 6 aromatic rings. The molecular weight excluding hydrogens is 496 g/mol. The van der Waals surface area contributed by atoms with E-state index < -0.39 is 0 Å². The molecule has 4 aromatic carbocycles. The van der Waals surface area contributed by atoms with E-state index in [2.05, 4.69) is 72.6 Å². The van der Waals surface area contributed by atoms with Crippen molar-refractivity contribution >= 4 is 39.5 Å². The van der Waals surface area contributed by atoms with Gasteiger partial charge in [-0.1, -0.05) is 13.8 Å². The number of H-pyrrole nitrogens is 2. The minimum Gasteiger partial charge on any atom is -0.338 e. The summed E-state index contributed by atoms with van der Waals surface area (Å²) in [6, 6.07) is 23.4. The summed E-state index contributed by atoms with van der Waals surface area (Å²) in [5.41, 5.74) is 12.1. The Morgan fingerprint density at radius 1 is 0.575 bits per heavy atom. The molecule has 0 atom stereocenters. The van der Waals surface area contributed by atoms with Crippen molar-refractivity contribution < 1.29 is 4.79 Å². The predicted molar refractivity (Wildman–Crippen MR) is 166 cm³/mol. The van der Waals surface area contributed by atoms with Crippen molar-refractivity contribution in [2.45, 2.75) is 41.5 Å². The average Bonchev–Trinajstić information content (AvgIpc) is 3.55. The van der Waals surface area contributed by atoms with Crippen molar-refractivity contribution in [3.63, 3.8) is 0 Å². The molecule has 2 amide bonds. The number of rotatable bonds is 4. The number of aryl methyl sites for hydroxylation is 4. The van der Waals surface area contributed by atoms with Gasteiger partial charge >= 0.3 is 6.03 Å². The zero-order valence-electron chi connectivity index (χ0n) is 23.7. The van der Waals surface area contributed by atoms with E-state index in [1.165, 1.54) is 22.3 Å². The summed E-state index contributed by atoms with van der Waals surface area (Å²) < 4.78 is 0. The van der Waals surface area contributed by atoms with E-state index >= 15 is 0 Å². The summed E-state index contributed by atoms with van der Waals surface area (Å²) in [5.74, 6) is 1.60. The molecule has 6 rings (SSSR count). The van der Waals surface area contributed by atoms with Gasteiger partial charge in [-0.2, -0.15) is 0 Å². The smallest absolute Gasteiger partial charge is 0.323 e. The van der Waals surface area contributed by atoms with Crippen molar-refractivity contribution in [2.24, 2.45) is 0 Å². The average molecular weight is 531 g/mol. The van der Waals surface area contributed by atoms with Crippen LogP contribution in [0, 0.1) is 27.7 Å². The standard InChI is InChI=1S/C31H28N6O.C2H6/c1-17-13-25-26(14-18(17)2)35-29(34-25)21-5-9-23(10-6-21)32-31(38)33-24-11-7-22(8-12-24)30-36-27-15-19(3)20(4)16-28(27)37-30;1-2/h5-16H,1-4H3,(H,34,35)(H,36,37)(H2,32,33,38);1-2H3. The van der Waals surface area contributed by atoms with Gasteiger partial charge in [-0.25, -0.2) is 14.8 Å². The number of imidazole rings is 2. The van der Waals surface area contributed by atoms with Crippen LogP contribution in [-0.4, -0.2) is 26.0 Å². The molecule has 2 heterocycles. The van der Waals surface area contributed by atoms with Gasteiger partial charge in [0.1, 0.15) is 11.6 Å². The lowest BCUT2D eigenvalue weighted by Gasteiger charge is -2.08. The van der Waals surface area contributed by atoms with Gasteiger partial charge in [0.25, 0.3) is 0 Å². The van der Waals surface area contributed by atoms with Crippen LogP contribution in [0.4, 0.5) is 16.2 Å². The highest BCUT2D eigenvalue weighted by Gasteiger charge is 2.10. The number of urea groups is 1. The first-order valence-corrected chi connectivity index (χ1v) is 13.6. The summed E-state index contributed by atoms with van der Waals surface area (Å²) in [5, 5.41) is 5.77. The van der Waals surface area contributed by atoms with Crippen LogP contribution in [0.25, 0.3) is 44.8 Å². The third-order valence-corrected chi connectivity index (χ3v) is 7.03. The van der Waals surface area contributed by atoms with E-state index in [0.717, 1.165) is 44.8 Å². The van der Waals surface area contributed by atoms with Crippen LogP contribution in [0.15, 0.2) is 72.8 Å². The number of aromatic amines is 2. The van der Waals surface area contributed by atoms with Gasteiger partial charge in [0.2, 0.25) is 0 Å². The maximum Gasteiger partial charge on any atom is 0.323 e. The summed E-state index contributed by atoms with van der Waals surface area (Å²) in [6.45, 7) is 12.4. The van der Waals surface area contributed by atoms with Crippen LogP contribution in [0.2, 0.25) is 0 Å². The molecule has 40 heavy (non-hydrogen) atoms. The summed E-state index contributed by atoms with van der Waals surface area (Å²) >= 11 is 0. The Morgan fingerprint density at radius 3 is 1.30 bits per heavy atom. The Hall–Kier alpha value is -4.91. The molecule has 7 heteroatoms. The SMILES string of the molecule is CC.Cc1cc2nc(-c3ccc(NC(=O)Nc4ccc(-c5nc6cc(C)c(C)cc6[nH]5)cc4)cc3)[nH]c2cc1C. The van der Waals surface area contributed by atoms with E-state index in [-0.39, 0.29) is 6.03 Å². The molecule has 0 unspecified atom stereocenters. The zero-order chi connectivity index (χ0) is 28.4. The highest BCUT2D eigenvalue weighted by Crippen LogP contribution is 2.26. The molecule has 2 aromatic heterocycles. The highest BCUT2D eigenvalue weighted by atomic mass is 16.2. The van der Waals surface area contributed by atoms with Gasteiger partial charge in [0, 0.05) is 22.5 Å². The first kappa shape index (κ1) is 26.7. The Bertz CT molecular complexity index is 1600. The summed E-state index contributed by atoms with van der Waals surface area (Å²) in [4.78, 5) is 28.8. The van der Waals surface area contributed by atoms with E-state index in [1.807, 2.05) is 62.4 Å². The number of carbonyl (C=O) groups excluding carboxylic acids is 1. The number of fused-ring (bicyclic) bond motifs is 2. The van der Waals surface area contributed by atoms with Gasteiger partial charge in [-0.3, -0.25) is 0 Å². The van der Waals surface area contributed by atoms with Gasteiger partial charge < -0.3 is 20.6 Å². The van der Waals surface area contributed by atoms with Crippen molar-refractivity contribution in [1.29, 1.82) is 0 Å². The van der Waals surface area contributed by atoms with Crippen molar-refractivity contribution in [2.75, 3.05) is 10.6 Å². The first-order chi connectivity index (χ1) is 19.3. The van der Waals surface area contributed by atoms with E-state index in [1.54, 1.807) is 0 Å². The molecule has 0 radical (unpaired) electrons. The molecule has 0 aliphatic heterocycles. The Kier molecular flexibility index (Phi) is 7.38. The molecule has 0 aliphatic carbocycles. The topological polar surface area (TPSA) is 98.5 Å². The number of nitrogens with one attached hydrogen (secondary N) is 4. The molecular formula is C33H34N6O. The third-order valence-electron chi connectivity index (χ3n) is 7.03. The maximum atomic E-state index is 12.6. The normalized spacial score (nSPS) is 10.8. The fourth-order valence-corrected chi connectivity index (χ4v) is 4.53. The fourth-order valence-electron chi connectivity index (χ4n) is 4.53. The lowest BCUT2D eigenvalue weighted by Crippen LogP contribution is -2.19. The molecule has 0 fully saturated rings. The lowest BCUT2D eigenvalue weighted by molar-refractivity contribution is 0.262. The van der Waals surface area contributed by atoms with E-state index in [9.17, 15) is 4.79 Å². The number of anilines is 2. The minimum absolute atomic E-state index is 0.310. The molecule has 4 N–H and O–H groups in total. The number of hydrogen-bond donors (Lipinski definition) is 4. The fraction of sp³-hybridized carbons (Fsp3) is 0.182. The van der Waals surface area contributed by atoms with Gasteiger partial charge in [0.05, 0.1) is 22.1 Å². The van der Waals surface area contributed by atoms with E-state index in [0.29, 0.717) is 11.4 Å². The quantitative estimate of drug-likeness (QED) is 0.183. The van der Waals surface area contributed by atoms with Crippen molar-refractivity contribution in [3.05, 3.63) is 95.1 Å². The number of carbonyl (C=O) groups is 1. The molecule has 202 valence electrons. The number of benzene rings is 4. The second-order valence-electron chi connectivity index (χ2n) is 9.81.